The summed E-state index contributed by atoms with van der Waals surface area (Å²) >= 11 is 0. The Morgan fingerprint density at radius 1 is 0.940 bits per heavy atom. The topological polar surface area (TPSA) is 136 Å². The summed E-state index contributed by atoms with van der Waals surface area (Å²) in [6.45, 7) is 17.8. The van der Waals surface area contributed by atoms with Gasteiger partial charge in [-0.2, -0.15) is 0 Å². The highest BCUT2D eigenvalue weighted by Gasteiger charge is 2.34. The van der Waals surface area contributed by atoms with E-state index in [0.29, 0.717) is 36.9 Å². The monoisotopic (exact) mass is 725 g/mol. The molecular formula is C37H51N5O6S2. The van der Waals surface area contributed by atoms with Gasteiger partial charge in [-0.3, -0.25) is 14.4 Å². The largest absolute Gasteiger partial charge is 0.464 e. The molecule has 272 valence electrons. The minimum Gasteiger partial charge on any atom is -0.464 e. The van der Waals surface area contributed by atoms with Crippen LogP contribution in [0.25, 0.3) is 22.5 Å². The zero-order valence-corrected chi connectivity index (χ0v) is 32.3. The number of carbonyl (C=O) groups is 3. The molecule has 0 aliphatic carbocycles. The van der Waals surface area contributed by atoms with Crippen LogP contribution in [-0.4, -0.2) is 80.4 Å². The van der Waals surface area contributed by atoms with Crippen molar-refractivity contribution in [1.82, 2.24) is 20.3 Å². The van der Waals surface area contributed by atoms with E-state index in [1.807, 2.05) is 97.0 Å². The van der Waals surface area contributed by atoms with E-state index in [2.05, 4.69) is 15.6 Å². The predicted octanol–water partition coefficient (Wildman–Crippen LogP) is 6.24. The van der Waals surface area contributed by atoms with E-state index >= 15 is 0 Å². The molecule has 1 aliphatic heterocycles. The van der Waals surface area contributed by atoms with Crippen LogP contribution in [0.1, 0.15) is 74.3 Å². The van der Waals surface area contributed by atoms with Gasteiger partial charge in [0.25, 0.3) is 5.91 Å². The molecule has 1 aliphatic rings. The van der Waals surface area contributed by atoms with Gasteiger partial charge in [-0.05, 0) is 73.9 Å². The number of anilines is 1. The number of aliphatic hydroxyl groups is 1. The number of amides is 2. The molecule has 1 aromatic heterocycles. The van der Waals surface area contributed by atoms with Gasteiger partial charge < -0.3 is 24.8 Å². The number of carbonyl (C=O) groups excluding carboxylic acids is 3. The molecule has 11 nitrogen and oxygen atoms in total. The first kappa shape index (κ1) is 39.4. The van der Waals surface area contributed by atoms with E-state index in [1.54, 1.807) is 45.0 Å². The Morgan fingerprint density at radius 2 is 1.60 bits per heavy atom. The minimum atomic E-state index is -1.12. The van der Waals surface area contributed by atoms with Crippen molar-refractivity contribution >= 4 is 45.1 Å². The molecule has 13 heteroatoms. The fourth-order valence-electron chi connectivity index (χ4n) is 5.13. The molecule has 2 N–H and O–H groups in total. The second-order valence-corrected chi connectivity index (χ2v) is 18.3. The molecule has 50 heavy (non-hydrogen) atoms. The highest BCUT2D eigenvalue weighted by molar-refractivity contribution is 8.77. The number of benzene rings is 2. The molecule has 0 spiro atoms. The normalized spacial score (nSPS) is 13.4. The number of esters is 1. The van der Waals surface area contributed by atoms with E-state index in [-0.39, 0.29) is 42.1 Å². The van der Waals surface area contributed by atoms with E-state index in [0.717, 1.165) is 22.4 Å². The van der Waals surface area contributed by atoms with Crippen LogP contribution in [0, 0.1) is 5.41 Å². The average molecular weight is 726 g/mol. The van der Waals surface area contributed by atoms with Gasteiger partial charge in [0.2, 0.25) is 5.91 Å². The van der Waals surface area contributed by atoms with Crippen molar-refractivity contribution in [3.05, 3.63) is 54.1 Å². The predicted molar refractivity (Wildman–Crippen MR) is 201 cm³/mol. The van der Waals surface area contributed by atoms with Crippen LogP contribution < -0.4 is 10.2 Å². The Bertz CT molecular complexity index is 1680. The second-order valence-electron chi connectivity index (χ2n) is 15.2. The molecule has 4 rings (SSSR count). The number of hydrogen-bond acceptors (Lipinski definition) is 10. The van der Waals surface area contributed by atoms with Crippen molar-refractivity contribution in [2.75, 3.05) is 37.0 Å². The van der Waals surface area contributed by atoms with Crippen molar-refractivity contribution in [3.63, 3.8) is 0 Å². The molecule has 2 heterocycles. The van der Waals surface area contributed by atoms with Gasteiger partial charge in [0.1, 0.15) is 17.9 Å². The van der Waals surface area contributed by atoms with Gasteiger partial charge in [-0.25, -0.2) is 4.68 Å². The summed E-state index contributed by atoms with van der Waals surface area (Å²) in [6, 6.07) is 15.5. The molecule has 2 aromatic carbocycles. The smallest absolute Gasteiger partial charge is 0.311 e. The standard InChI is InChI=1S/C37H51N5O6S2/c1-34(2,3)33(46)47-20-21-49-50-36(6,7)24-48-37(8,9)32(45)38-19-18-29(44)41-22-25-14-10-11-15-26(25)31-30(27-16-12-13-17-28(27)41)39-40-42(31)35(4,5)23-43/h10-17,43H,18-24H2,1-9H3,(H,38,45). The lowest BCUT2D eigenvalue weighted by molar-refractivity contribution is -0.152. The fourth-order valence-corrected chi connectivity index (χ4v) is 7.35. The maximum Gasteiger partial charge on any atom is 0.311 e. The lowest BCUT2D eigenvalue weighted by atomic mass is 9.94. The van der Waals surface area contributed by atoms with Gasteiger partial charge in [0, 0.05) is 34.6 Å². The lowest BCUT2D eigenvalue weighted by Gasteiger charge is -2.31. The number of hydrogen-bond donors (Lipinski definition) is 2. The lowest BCUT2D eigenvalue weighted by Crippen LogP contribution is -2.47. The summed E-state index contributed by atoms with van der Waals surface area (Å²) in [5.41, 5.74) is 2.32. The first-order chi connectivity index (χ1) is 23.4. The third-order valence-corrected chi connectivity index (χ3v) is 11.5. The molecular weight excluding hydrogens is 675 g/mol. The van der Waals surface area contributed by atoms with Gasteiger partial charge in [0.15, 0.2) is 0 Å². The number of nitrogens with one attached hydrogen (secondary N) is 1. The molecule has 0 bridgehead atoms. The van der Waals surface area contributed by atoms with Crippen molar-refractivity contribution in [2.24, 2.45) is 5.41 Å². The van der Waals surface area contributed by atoms with Crippen molar-refractivity contribution in [3.8, 4) is 22.5 Å². The van der Waals surface area contributed by atoms with Crippen molar-refractivity contribution < 1.29 is 29.0 Å². The van der Waals surface area contributed by atoms with Gasteiger partial charge in [-0.15, -0.1) is 5.10 Å². The number of para-hydroxylation sites is 1. The summed E-state index contributed by atoms with van der Waals surface area (Å²) in [6.07, 6.45) is 0.0766. The third kappa shape index (κ3) is 9.48. The Morgan fingerprint density at radius 3 is 2.28 bits per heavy atom. The number of fused-ring (bicyclic) bond motifs is 5. The zero-order valence-electron chi connectivity index (χ0n) is 30.7. The molecule has 0 saturated carbocycles. The maximum absolute atomic E-state index is 13.9. The minimum absolute atomic E-state index is 0.0766. The summed E-state index contributed by atoms with van der Waals surface area (Å²) in [5.74, 6) is -0.0377. The average Bonchev–Trinajstić information content (AvgIpc) is 3.50. The van der Waals surface area contributed by atoms with Crippen LogP contribution in [0.5, 0.6) is 0 Å². The molecule has 0 unspecified atom stereocenters. The Balaban J connectivity index is 1.39. The number of rotatable bonds is 14. The first-order valence-corrected chi connectivity index (χ1v) is 19.1. The van der Waals surface area contributed by atoms with E-state index in [1.165, 1.54) is 0 Å². The molecule has 0 radical (unpaired) electrons. The number of nitrogens with zero attached hydrogens (tertiary/aromatic N) is 4. The second kappa shape index (κ2) is 15.9. The van der Waals surface area contributed by atoms with Gasteiger partial charge >= 0.3 is 5.97 Å². The van der Waals surface area contributed by atoms with Crippen LogP contribution in [0.15, 0.2) is 48.5 Å². The quantitative estimate of drug-likeness (QED) is 0.112. The fraction of sp³-hybridized carbons (Fsp3) is 0.541. The molecule has 0 saturated heterocycles. The Hall–Kier alpha value is -3.39. The summed E-state index contributed by atoms with van der Waals surface area (Å²) in [5, 5.41) is 22.1. The molecule has 0 atom stereocenters. The highest BCUT2D eigenvalue weighted by atomic mass is 33.1. The number of ether oxygens (including phenoxy) is 2. The first-order valence-electron chi connectivity index (χ1n) is 16.8. The SMILES string of the molecule is CC(C)(COC(C)(C)C(=O)NCCC(=O)N1Cc2ccccc2-c2c(nnn2C(C)(C)CO)-c2ccccc21)SSCCOC(=O)C(C)(C)C. The molecule has 2 amide bonds. The molecule has 0 fully saturated rings. The van der Waals surface area contributed by atoms with Crippen LogP contribution in [0.3, 0.4) is 0 Å². The number of aromatic nitrogens is 3. The van der Waals surface area contributed by atoms with Gasteiger partial charge in [0.05, 0.1) is 42.1 Å². The summed E-state index contributed by atoms with van der Waals surface area (Å²) in [7, 11) is 3.21. The maximum atomic E-state index is 13.9. The van der Waals surface area contributed by atoms with Crippen LogP contribution in [0.2, 0.25) is 0 Å². The molecule has 3 aromatic rings. The van der Waals surface area contributed by atoms with Crippen molar-refractivity contribution in [1.29, 1.82) is 0 Å². The van der Waals surface area contributed by atoms with Crippen LogP contribution >= 0.6 is 21.6 Å². The van der Waals surface area contributed by atoms with E-state index in [4.69, 9.17) is 9.47 Å². The zero-order chi connectivity index (χ0) is 36.9. The summed E-state index contributed by atoms with van der Waals surface area (Å²) in [4.78, 5) is 40.9. The number of aliphatic hydroxyl groups excluding tert-OH is 1. The Labute approximate surface area is 303 Å². The summed E-state index contributed by atoms with van der Waals surface area (Å²) < 4.78 is 12.9. The van der Waals surface area contributed by atoms with Crippen LogP contribution in [0.4, 0.5) is 5.69 Å². The van der Waals surface area contributed by atoms with Gasteiger partial charge in [-0.1, -0.05) is 69.3 Å². The third-order valence-electron chi connectivity index (χ3n) is 8.23. The van der Waals surface area contributed by atoms with E-state index in [9.17, 15) is 19.5 Å². The Kier molecular flexibility index (Phi) is 12.5. The van der Waals surface area contributed by atoms with E-state index < -0.39 is 16.6 Å². The highest BCUT2D eigenvalue weighted by Crippen LogP contribution is 2.42. The van der Waals surface area contributed by atoms with Crippen molar-refractivity contribution in [2.45, 2.75) is 91.2 Å². The van der Waals surface area contributed by atoms with Crippen LogP contribution in [-0.2, 0) is 35.9 Å².